The number of benzene rings is 1. The number of carboxylic acid groups (broad SMARTS) is 1. The van der Waals surface area contributed by atoms with Crippen molar-refractivity contribution >= 4 is 17.3 Å². The normalized spacial score (nSPS) is 11.0. The molecular formula is C15H11N5O3. The Morgan fingerprint density at radius 3 is 2.48 bits per heavy atom. The van der Waals surface area contributed by atoms with E-state index in [2.05, 4.69) is 25.4 Å². The summed E-state index contributed by atoms with van der Waals surface area (Å²) in [6.45, 7) is 0. The van der Waals surface area contributed by atoms with Crippen molar-refractivity contribution in [2.45, 2.75) is 0 Å². The van der Waals surface area contributed by atoms with Gasteiger partial charge in [-0.15, -0.1) is 5.11 Å². The lowest BCUT2D eigenvalue weighted by Gasteiger charge is -1.97. The monoisotopic (exact) mass is 309 g/mol. The molecule has 3 rings (SSSR count). The van der Waals surface area contributed by atoms with Crippen molar-refractivity contribution in [2.75, 3.05) is 0 Å². The Morgan fingerprint density at radius 2 is 1.83 bits per heavy atom. The smallest absolute Gasteiger partial charge is 0.335 e. The van der Waals surface area contributed by atoms with Crippen molar-refractivity contribution in [2.24, 2.45) is 10.2 Å². The molecule has 3 aromatic rings. The molecule has 0 aliphatic heterocycles. The van der Waals surface area contributed by atoms with Crippen LogP contribution in [0.15, 0.2) is 63.7 Å². The number of carbonyl (C=O) groups is 1. The van der Waals surface area contributed by atoms with Crippen LogP contribution >= 0.6 is 0 Å². The summed E-state index contributed by atoms with van der Waals surface area (Å²) in [6.07, 6.45) is 1.60. The summed E-state index contributed by atoms with van der Waals surface area (Å²) in [5.74, 6) is -1.02. The third kappa shape index (κ3) is 3.05. The number of azo groups is 1. The van der Waals surface area contributed by atoms with Gasteiger partial charge < -0.3 is 5.11 Å². The molecule has 0 radical (unpaired) electrons. The first-order valence-corrected chi connectivity index (χ1v) is 6.62. The second-order valence-corrected chi connectivity index (χ2v) is 4.57. The van der Waals surface area contributed by atoms with Crippen LogP contribution in [0.25, 0.3) is 11.4 Å². The largest absolute Gasteiger partial charge is 0.478 e. The quantitative estimate of drug-likeness (QED) is 0.641. The molecule has 0 bridgehead atoms. The Labute approximate surface area is 129 Å². The van der Waals surface area contributed by atoms with E-state index >= 15 is 0 Å². The van der Waals surface area contributed by atoms with E-state index in [4.69, 9.17) is 5.11 Å². The Kier molecular flexibility index (Phi) is 3.79. The molecule has 3 N–H and O–H groups in total. The Hall–Kier alpha value is -3.55. The van der Waals surface area contributed by atoms with Gasteiger partial charge in [0.25, 0.3) is 5.56 Å². The summed E-state index contributed by atoms with van der Waals surface area (Å²) >= 11 is 0. The fraction of sp³-hybridized carbons (Fsp3) is 0. The minimum atomic E-state index is -1.02. The van der Waals surface area contributed by atoms with E-state index in [9.17, 15) is 9.59 Å². The van der Waals surface area contributed by atoms with Crippen LogP contribution in [0.2, 0.25) is 0 Å². The zero-order chi connectivity index (χ0) is 16.2. The van der Waals surface area contributed by atoms with Gasteiger partial charge in [-0.1, -0.05) is 6.07 Å². The summed E-state index contributed by atoms with van der Waals surface area (Å²) in [5.41, 5.74) is 1.25. The van der Waals surface area contributed by atoms with Crippen LogP contribution in [-0.4, -0.2) is 26.3 Å². The van der Waals surface area contributed by atoms with Gasteiger partial charge in [0.2, 0.25) is 0 Å². The molecular weight excluding hydrogens is 298 g/mol. The summed E-state index contributed by atoms with van der Waals surface area (Å²) in [5, 5.41) is 21.9. The summed E-state index contributed by atoms with van der Waals surface area (Å²) in [7, 11) is 0. The van der Waals surface area contributed by atoms with Crippen LogP contribution in [-0.2, 0) is 0 Å². The summed E-state index contributed by atoms with van der Waals surface area (Å²) in [4.78, 5) is 26.8. The van der Waals surface area contributed by atoms with Gasteiger partial charge in [0.1, 0.15) is 5.69 Å². The second-order valence-electron chi connectivity index (χ2n) is 4.57. The molecule has 0 fully saturated rings. The number of pyridine rings is 1. The molecule has 23 heavy (non-hydrogen) atoms. The standard InChI is InChI=1S/C15H11N5O3/c21-14-13(12(18-20-14)11-3-1-2-8-16-11)19-17-10-6-4-9(5-7-10)15(22)23/h1-8H,(H,22,23)(H2,18,20,21). The van der Waals surface area contributed by atoms with Crippen LogP contribution in [0.5, 0.6) is 0 Å². The van der Waals surface area contributed by atoms with Crippen LogP contribution < -0.4 is 5.56 Å². The first-order valence-electron chi connectivity index (χ1n) is 6.62. The molecule has 114 valence electrons. The lowest BCUT2D eigenvalue weighted by Crippen LogP contribution is -1.96. The fourth-order valence-corrected chi connectivity index (χ4v) is 1.92. The minimum absolute atomic E-state index is 0.103. The van der Waals surface area contributed by atoms with Gasteiger partial charge in [-0.05, 0) is 36.4 Å². The van der Waals surface area contributed by atoms with Gasteiger partial charge in [0, 0.05) is 6.20 Å². The number of aromatic nitrogens is 3. The van der Waals surface area contributed by atoms with Crippen molar-refractivity contribution in [3.8, 4) is 11.4 Å². The highest BCUT2D eigenvalue weighted by atomic mass is 16.4. The molecule has 0 unspecified atom stereocenters. The molecule has 0 saturated heterocycles. The molecule has 0 saturated carbocycles. The van der Waals surface area contributed by atoms with E-state index in [1.165, 1.54) is 24.3 Å². The predicted molar refractivity (Wildman–Crippen MR) is 82.2 cm³/mol. The Balaban J connectivity index is 1.93. The van der Waals surface area contributed by atoms with E-state index in [0.29, 0.717) is 17.1 Å². The van der Waals surface area contributed by atoms with Crippen LogP contribution in [0, 0.1) is 0 Å². The molecule has 0 spiro atoms. The van der Waals surface area contributed by atoms with Gasteiger partial charge in [0.05, 0.1) is 16.9 Å². The molecule has 0 amide bonds. The second kappa shape index (κ2) is 6.06. The van der Waals surface area contributed by atoms with Gasteiger partial charge in [-0.3, -0.25) is 20.0 Å². The van der Waals surface area contributed by atoms with E-state index < -0.39 is 11.5 Å². The number of aromatic carboxylic acids is 1. The number of nitrogens with one attached hydrogen (secondary N) is 2. The van der Waals surface area contributed by atoms with Crippen LogP contribution in [0.3, 0.4) is 0 Å². The fourth-order valence-electron chi connectivity index (χ4n) is 1.92. The lowest BCUT2D eigenvalue weighted by atomic mass is 10.2. The first-order chi connectivity index (χ1) is 11.1. The maximum atomic E-state index is 11.8. The predicted octanol–water partition coefficient (Wildman–Crippen LogP) is 2.88. The van der Waals surface area contributed by atoms with E-state index in [-0.39, 0.29) is 11.3 Å². The Morgan fingerprint density at radius 1 is 1.04 bits per heavy atom. The average molecular weight is 309 g/mol. The van der Waals surface area contributed by atoms with Crippen molar-refractivity contribution < 1.29 is 9.90 Å². The highest BCUT2D eigenvalue weighted by Crippen LogP contribution is 2.24. The number of aromatic amines is 2. The number of rotatable bonds is 4. The maximum absolute atomic E-state index is 11.8. The SMILES string of the molecule is O=C(O)c1ccc(N=Nc2c(-c3ccccn3)[nH][nH]c2=O)cc1. The van der Waals surface area contributed by atoms with Crippen LogP contribution in [0.1, 0.15) is 10.4 Å². The molecule has 2 heterocycles. The van der Waals surface area contributed by atoms with Crippen LogP contribution in [0.4, 0.5) is 11.4 Å². The number of H-pyrrole nitrogens is 2. The van der Waals surface area contributed by atoms with Crippen molar-refractivity contribution in [1.29, 1.82) is 0 Å². The van der Waals surface area contributed by atoms with Gasteiger partial charge in [-0.2, -0.15) is 5.11 Å². The molecule has 0 aliphatic carbocycles. The van der Waals surface area contributed by atoms with E-state index in [1.807, 2.05) is 0 Å². The van der Waals surface area contributed by atoms with E-state index in [1.54, 1.807) is 24.4 Å². The molecule has 0 atom stereocenters. The van der Waals surface area contributed by atoms with Gasteiger partial charge >= 0.3 is 5.97 Å². The molecule has 2 aromatic heterocycles. The number of hydrogen-bond donors (Lipinski definition) is 3. The minimum Gasteiger partial charge on any atom is -0.478 e. The zero-order valence-corrected chi connectivity index (χ0v) is 11.7. The highest BCUT2D eigenvalue weighted by Gasteiger charge is 2.12. The summed E-state index contributed by atoms with van der Waals surface area (Å²) < 4.78 is 0. The molecule has 8 nitrogen and oxygen atoms in total. The van der Waals surface area contributed by atoms with Gasteiger partial charge in [0.15, 0.2) is 5.69 Å². The van der Waals surface area contributed by atoms with E-state index in [0.717, 1.165) is 0 Å². The highest BCUT2D eigenvalue weighted by molar-refractivity contribution is 5.87. The molecule has 1 aromatic carbocycles. The zero-order valence-electron chi connectivity index (χ0n) is 11.7. The number of carboxylic acids is 1. The van der Waals surface area contributed by atoms with Gasteiger partial charge in [-0.25, -0.2) is 4.79 Å². The van der Waals surface area contributed by atoms with Crippen molar-refractivity contribution in [1.82, 2.24) is 15.2 Å². The summed E-state index contributed by atoms with van der Waals surface area (Å²) in [6, 6.07) is 11.1. The molecule has 0 aliphatic rings. The Bertz CT molecular complexity index is 910. The molecule has 8 heteroatoms. The number of hydrogen-bond acceptors (Lipinski definition) is 5. The third-order valence-electron chi connectivity index (χ3n) is 3.05. The number of nitrogens with zero attached hydrogens (tertiary/aromatic N) is 3. The lowest BCUT2D eigenvalue weighted by molar-refractivity contribution is 0.0697. The maximum Gasteiger partial charge on any atom is 0.335 e. The topological polar surface area (TPSA) is 124 Å². The average Bonchev–Trinajstić information content (AvgIpc) is 2.95. The van der Waals surface area contributed by atoms with Crippen molar-refractivity contribution in [3.63, 3.8) is 0 Å². The third-order valence-corrected chi connectivity index (χ3v) is 3.05. The first kappa shape index (κ1) is 14.4. The van der Waals surface area contributed by atoms with Crippen molar-refractivity contribution in [3.05, 3.63) is 64.6 Å².